The number of piperidine rings is 1. The van der Waals surface area contributed by atoms with E-state index in [0.717, 1.165) is 32.2 Å². The molecule has 1 saturated heterocycles. The van der Waals surface area contributed by atoms with Gasteiger partial charge in [0.15, 0.2) is 5.65 Å². The Balaban J connectivity index is 1.44. The number of alkyl halides is 1. The second-order valence-corrected chi connectivity index (χ2v) is 8.86. The Morgan fingerprint density at radius 2 is 2.15 bits per heavy atom. The highest BCUT2D eigenvalue weighted by molar-refractivity contribution is 6.00. The summed E-state index contributed by atoms with van der Waals surface area (Å²) in [5.41, 5.74) is 1.00. The first-order chi connectivity index (χ1) is 16.6. The summed E-state index contributed by atoms with van der Waals surface area (Å²) >= 11 is 0. The number of hydrogen-bond acceptors (Lipinski definition) is 7. The zero-order valence-electron chi connectivity index (χ0n) is 19.1. The molecule has 3 N–H and O–H groups in total. The van der Waals surface area contributed by atoms with Gasteiger partial charge in [-0.3, -0.25) is 14.5 Å². The number of nitrogens with one attached hydrogen (secondary N) is 3. The average Bonchev–Trinajstić information content (AvgIpc) is 3.55. The van der Waals surface area contributed by atoms with Crippen LogP contribution in [0.3, 0.4) is 0 Å². The van der Waals surface area contributed by atoms with Crippen LogP contribution in [0.4, 0.5) is 21.7 Å². The van der Waals surface area contributed by atoms with Gasteiger partial charge >= 0.3 is 0 Å². The predicted octanol–water partition coefficient (Wildman–Crippen LogP) is 2.17. The summed E-state index contributed by atoms with van der Waals surface area (Å²) in [6, 6.07) is 5.48. The van der Waals surface area contributed by atoms with Crippen molar-refractivity contribution in [1.29, 1.82) is 0 Å². The molecule has 3 aromatic heterocycles. The monoisotopic (exact) mass is 468 g/mol. The molecule has 180 valence electrons. The van der Waals surface area contributed by atoms with Crippen molar-refractivity contribution in [2.75, 3.05) is 44.0 Å². The van der Waals surface area contributed by atoms with Crippen molar-refractivity contribution in [3.8, 4) is 0 Å². The highest BCUT2D eigenvalue weighted by Gasteiger charge is 2.26. The summed E-state index contributed by atoms with van der Waals surface area (Å²) < 4.78 is 16.1. The van der Waals surface area contributed by atoms with E-state index < -0.39 is 0 Å². The number of nitrogens with zero attached hydrogens (tertiary/aromatic N) is 5. The Bertz CT molecular complexity index is 1250. The standard InChI is InChI=1S/C23H29FN8O2/c1-25-20-12-19(29-21-17(13-26-32(20)21)22(33)27-15-6-7-15)28-18-5-3-10-31(23(18)34)16-4-2-9-30(14-16)11-8-24/h3,5,10,12-13,15-16,25H,2,4,6-9,11,14H2,1H3,(H,27,33)(H,28,29)/t16-/m0/s1. The predicted molar refractivity (Wildman–Crippen MR) is 128 cm³/mol. The number of rotatable bonds is 8. The molecule has 1 amide bonds. The van der Waals surface area contributed by atoms with Gasteiger partial charge < -0.3 is 20.5 Å². The molecule has 1 aliphatic heterocycles. The van der Waals surface area contributed by atoms with Gasteiger partial charge in [0.25, 0.3) is 11.5 Å². The second kappa shape index (κ2) is 9.41. The third-order valence-corrected chi connectivity index (χ3v) is 6.40. The lowest BCUT2D eigenvalue weighted by atomic mass is 10.1. The first-order valence-corrected chi connectivity index (χ1v) is 11.7. The van der Waals surface area contributed by atoms with Crippen molar-refractivity contribution in [2.45, 2.75) is 37.8 Å². The Kier molecular flexibility index (Phi) is 6.18. The molecule has 10 nitrogen and oxygen atoms in total. The molecule has 11 heteroatoms. The summed E-state index contributed by atoms with van der Waals surface area (Å²) in [5, 5.41) is 13.5. The number of pyridine rings is 1. The lowest BCUT2D eigenvalue weighted by Gasteiger charge is -2.33. The van der Waals surface area contributed by atoms with Crippen LogP contribution in [-0.4, -0.2) is 69.4 Å². The van der Waals surface area contributed by atoms with Gasteiger partial charge in [-0.2, -0.15) is 9.61 Å². The highest BCUT2D eigenvalue weighted by atomic mass is 19.1. The number of anilines is 3. The molecule has 0 unspecified atom stereocenters. The van der Waals surface area contributed by atoms with Gasteiger partial charge in [0, 0.05) is 44.5 Å². The number of aromatic nitrogens is 4. The van der Waals surface area contributed by atoms with Crippen LogP contribution in [0.1, 0.15) is 42.1 Å². The van der Waals surface area contributed by atoms with E-state index in [0.29, 0.717) is 41.6 Å². The van der Waals surface area contributed by atoms with E-state index in [4.69, 9.17) is 0 Å². The van der Waals surface area contributed by atoms with Crippen LogP contribution in [0.5, 0.6) is 0 Å². The minimum absolute atomic E-state index is 0.00888. The number of carbonyl (C=O) groups is 1. The quantitative estimate of drug-likeness (QED) is 0.465. The van der Waals surface area contributed by atoms with Crippen LogP contribution < -0.4 is 21.5 Å². The third kappa shape index (κ3) is 4.47. The number of amides is 1. The average molecular weight is 469 g/mol. The fourth-order valence-corrected chi connectivity index (χ4v) is 4.47. The summed E-state index contributed by atoms with van der Waals surface area (Å²) in [5.74, 6) is 0.847. The maximum Gasteiger partial charge on any atom is 0.274 e. The molecule has 5 rings (SSSR count). The highest BCUT2D eigenvalue weighted by Crippen LogP contribution is 2.24. The molecule has 3 aromatic rings. The number of fused-ring (bicyclic) bond motifs is 1. The number of likely N-dealkylation sites (tertiary alicyclic amines) is 1. The molecule has 0 aromatic carbocycles. The fourth-order valence-electron chi connectivity index (χ4n) is 4.47. The van der Waals surface area contributed by atoms with E-state index in [-0.39, 0.29) is 30.2 Å². The summed E-state index contributed by atoms with van der Waals surface area (Å²) in [6.45, 7) is 1.50. The van der Waals surface area contributed by atoms with E-state index in [1.54, 1.807) is 34.5 Å². The van der Waals surface area contributed by atoms with Crippen LogP contribution in [-0.2, 0) is 0 Å². The Morgan fingerprint density at radius 3 is 2.91 bits per heavy atom. The maximum absolute atomic E-state index is 13.3. The lowest BCUT2D eigenvalue weighted by molar-refractivity contribution is 0.0952. The van der Waals surface area contributed by atoms with Gasteiger partial charge in [0.2, 0.25) is 0 Å². The normalized spacial score (nSPS) is 18.7. The first-order valence-electron chi connectivity index (χ1n) is 11.7. The largest absolute Gasteiger partial charge is 0.373 e. The summed E-state index contributed by atoms with van der Waals surface area (Å²) in [4.78, 5) is 32.6. The smallest absolute Gasteiger partial charge is 0.274 e. The number of halogens is 1. The topological polar surface area (TPSA) is 109 Å². The van der Waals surface area contributed by atoms with Crippen LogP contribution in [0.15, 0.2) is 35.4 Å². The van der Waals surface area contributed by atoms with Gasteiger partial charge in [-0.05, 0) is 44.4 Å². The Hall–Kier alpha value is -3.47. The van der Waals surface area contributed by atoms with Crippen LogP contribution in [0, 0.1) is 0 Å². The molecule has 2 aliphatic rings. The molecule has 4 heterocycles. The van der Waals surface area contributed by atoms with Crippen molar-refractivity contribution in [1.82, 2.24) is 29.4 Å². The molecule has 1 saturated carbocycles. The molecular formula is C23H29FN8O2. The van der Waals surface area contributed by atoms with Crippen molar-refractivity contribution in [3.05, 3.63) is 46.5 Å². The third-order valence-electron chi connectivity index (χ3n) is 6.40. The molecule has 0 radical (unpaired) electrons. The van der Waals surface area contributed by atoms with Crippen molar-refractivity contribution in [3.63, 3.8) is 0 Å². The first kappa shape index (κ1) is 22.3. The summed E-state index contributed by atoms with van der Waals surface area (Å²) in [7, 11) is 1.76. The fraction of sp³-hybridized carbons (Fsp3) is 0.478. The zero-order chi connectivity index (χ0) is 23.7. The van der Waals surface area contributed by atoms with Gasteiger partial charge in [-0.25, -0.2) is 9.37 Å². The SMILES string of the molecule is CNc1cc(Nc2cccn([C@H]3CCCN(CCF)C3)c2=O)nc2c(C(=O)NC3CC3)cnn12. The van der Waals surface area contributed by atoms with Crippen LogP contribution >= 0.6 is 0 Å². The van der Waals surface area contributed by atoms with Gasteiger partial charge in [-0.1, -0.05) is 0 Å². The Morgan fingerprint density at radius 1 is 1.29 bits per heavy atom. The Labute approximate surface area is 196 Å². The van der Waals surface area contributed by atoms with E-state index in [9.17, 15) is 14.0 Å². The van der Waals surface area contributed by atoms with Crippen molar-refractivity contribution >= 4 is 28.9 Å². The summed E-state index contributed by atoms with van der Waals surface area (Å²) in [6.07, 6.45) is 7.05. The van der Waals surface area contributed by atoms with E-state index >= 15 is 0 Å². The molecule has 0 spiro atoms. The lowest BCUT2D eigenvalue weighted by Crippen LogP contribution is -2.40. The minimum atomic E-state index is -0.388. The maximum atomic E-state index is 13.3. The molecule has 1 atom stereocenters. The van der Waals surface area contributed by atoms with Crippen molar-refractivity contribution in [2.24, 2.45) is 0 Å². The van der Waals surface area contributed by atoms with E-state index in [2.05, 4.69) is 30.9 Å². The number of carbonyl (C=O) groups excluding carboxylic acids is 1. The van der Waals surface area contributed by atoms with Gasteiger partial charge in [-0.15, -0.1) is 0 Å². The van der Waals surface area contributed by atoms with Gasteiger partial charge in [0.1, 0.15) is 29.6 Å². The number of hydrogen-bond donors (Lipinski definition) is 3. The molecular weight excluding hydrogens is 439 g/mol. The van der Waals surface area contributed by atoms with Gasteiger partial charge in [0.05, 0.1) is 6.20 Å². The molecule has 2 fully saturated rings. The van der Waals surface area contributed by atoms with Crippen LogP contribution in [0.25, 0.3) is 5.65 Å². The minimum Gasteiger partial charge on any atom is -0.373 e. The second-order valence-electron chi connectivity index (χ2n) is 8.86. The van der Waals surface area contributed by atoms with Crippen molar-refractivity contribution < 1.29 is 9.18 Å². The molecule has 1 aliphatic carbocycles. The molecule has 0 bridgehead atoms. The molecule has 34 heavy (non-hydrogen) atoms. The zero-order valence-corrected chi connectivity index (χ0v) is 19.1. The van der Waals surface area contributed by atoms with E-state index in [1.165, 1.54) is 6.20 Å². The van der Waals surface area contributed by atoms with Crippen LogP contribution in [0.2, 0.25) is 0 Å². The van der Waals surface area contributed by atoms with E-state index in [1.807, 2.05) is 6.07 Å².